The monoisotopic (exact) mass is 367 g/mol. The molecule has 3 aromatic rings. The average molecular weight is 367 g/mol. The van der Waals surface area contributed by atoms with E-state index in [0.717, 1.165) is 0 Å². The lowest BCUT2D eigenvalue weighted by atomic mass is 10.0. The predicted octanol–water partition coefficient (Wildman–Crippen LogP) is 4.01. The highest BCUT2D eigenvalue weighted by Gasteiger charge is 2.20. The van der Waals surface area contributed by atoms with Crippen LogP contribution in [0.2, 0.25) is 0 Å². The number of carbonyl (C=O) groups is 1. The normalized spacial score (nSPS) is 12.7. The van der Waals surface area contributed by atoms with Gasteiger partial charge in [-0.15, -0.1) is 0 Å². The molecule has 27 heavy (non-hydrogen) atoms. The lowest BCUT2D eigenvalue weighted by molar-refractivity contribution is -0.117. The first kappa shape index (κ1) is 18.5. The maximum Gasteiger partial charge on any atom is 0.245 e. The van der Waals surface area contributed by atoms with E-state index in [-0.39, 0.29) is 5.82 Å². The number of nitrogens with one attached hydrogen (secondary N) is 1. The van der Waals surface area contributed by atoms with Crippen molar-refractivity contribution in [3.05, 3.63) is 95.6 Å². The van der Waals surface area contributed by atoms with Gasteiger partial charge in [0.2, 0.25) is 5.91 Å². The van der Waals surface area contributed by atoms with Gasteiger partial charge >= 0.3 is 0 Å². The first-order valence-electron chi connectivity index (χ1n) is 8.42. The summed E-state index contributed by atoms with van der Waals surface area (Å²) in [5.74, 6) is -0.544. The van der Waals surface area contributed by atoms with E-state index in [4.69, 9.17) is 0 Å². The van der Waals surface area contributed by atoms with Gasteiger partial charge in [0, 0.05) is 31.1 Å². The molecule has 0 radical (unpaired) electrons. The maximum absolute atomic E-state index is 13.9. The Bertz CT molecular complexity index is 977. The minimum absolute atomic E-state index is 0.362. The van der Waals surface area contributed by atoms with Crippen molar-refractivity contribution in [2.24, 2.45) is 7.05 Å². The summed E-state index contributed by atoms with van der Waals surface area (Å²) in [6.45, 7) is 1.67. The molecule has 1 unspecified atom stereocenters. The summed E-state index contributed by atoms with van der Waals surface area (Å²) in [6.07, 6.45) is 4.73. The van der Waals surface area contributed by atoms with Crippen LogP contribution in [0.4, 0.5) is 8.78 Å². The zero-order valence-electron chi connectivity index (χ0n) is 15.0. The van der Waals surface area contributed by atoms with Crippen molar-refractivity contribution in [2.45, 2.75) is 13.0 Å². The molecule has 1 amide bonds. The largest absolute Gasteiger partial charge is 0.339 e. The van der Waals surface area contributed by atoms with Crippen molar-refractivity contribution in [3.63, 3.8) is 0 Å². The van der Waals surface area contributed by atoms with Crippen LogP contribution in [0, 0.1) is 11.6 Å². The molecular formula is C21H19F2N3O. The van der Waals surface area contributed by atoms with Gasteiger partial charge in [-0.3, -0.25) is 4.79 Å². The lowest BCUT2D eigenvalue weighted by Gasteiger charge is -2.18. The van der Waals surface area contributed by atoms with Crippen LogP contribution in [-0.4, -0.2) is 15.5 Å². The van der Waals surface area contributed by atoms with Crippen LogP contribution in [0.15, 0.2) is 67.0 Å². The molecule has 0 bridgehead atoms. The molecule has 0 saturated carbocycles. The van der Waals surface area contributed by atoms with Crippen molar-refractivity contribution in [1.29, 1.82) is 0 Å². The Labute approximate surface area is 156 Å². The second-order valence-corrected chi connectivity index (χ2v) is 6.20. The van der Waals surface area contributed by atoms with Crippen LogP contribution in [0.1, 0.15) is 29.9 Å². The number of nitrogens with zero attached hydrogens (tertiary/aromatic N) is 2. The molecule has 0 aliphatic carbocycles. The summed E-state index contributed by atoms with van der Waals surface area (Å²) in [6, 6.07) is 11.6. The summed E-state index contributed by atoms with van der Waals surface area (Å²) in [4.78, 5) is 16.9. The van der Waals surface area contributed by atoms with Crippen molar-refractivity contribution < 1.29 is 13.6 Å². The van der Waals surface area contributed by atoms with Gasteiger partial charge in [0.15, 0.2) is 0 Å². The van der Waals surface area contributed by atoms with Gasteiger partial charge in [0.05, 0.1) is 0 Å². The fourth-order valence-electron chi connectivity index (χ4n) is 2.85. The first-order valence-corrected chi connectivity index (χ1v) is 8.42. The quantitative estimate of drug-likeness (QED) is 0.693. The first-order chi connectivity index (χ1) is 13.0. The Morgan fingerprint density at radius 1 is 1.15 bits per heavy atom. The number of rotatable bonds is 5. The molecule has 6 heteroatoms. The number of carbonyl (C=O) groups excluding carboxylic acids is 1. The van der Waals surface area contributed by atoms with Crippen molar-refractivity contribution >= 4 is 11.5 Å². The van der Waals surface area contributed by atoms with Crippen LogP contribution >= 0.6 is 0 Å². The van der Waals surface area contributed by atoms with Crippen LogP contribution in [0.3, 0.4) is 0 Å². The summed E-state index contributed by atoms with van der Waals surface area (Å²) in [5, 5.41) is 2.87. The van der Waals surface area contributed by atoms with Crippen molar-refractivity contribution in [2.75, 3.05) is 0 Å². The van der Waals surface area contributed by atoms with Crippen molar-refractivity contribution in [1.82, 2.24) is 14.9 Å². The third-order valence-corrected chi connectivity index (χ3v) is 4.25. The Balaban J connectivity index is 1.89. The summed E-state index contributed by atoms with van der Waals surface area (Å²) < 4.78 is 29.0. The smallest absolute Gasteiger partial charge is 0.245 e. The minimum atomic E-state index is -0.567. The van der Waals surface area contributed by atoms with E-state index >= 15 is 0 Å². The summed E-state index contributed by atoms with van der Waals surface area (Å²) in [5.41, 5.74) is 1.56. The number of hydrogen-bond acceptors (Lipinski definition) is 2. The highest BCUT2D eigenvalue weighted by atomic mass is 19.1. The van der Waals surface area contributed by atoms with Gasteiger partial charge in [-0.2, -0.15) is 0 Å². The van der Waals surface area contributed by atoms with Gasteiger partial charge in [-0.1, -0.05) is 30.3 Å². The molecule has 0 aliphatic rings. The molecule has 0 aliphatic heterocycles. The highest BCUT2D eigenvalue weighted by Crippen LogP contribution is 2.22. The highest BCUT2D eigenvalue weighted by molar-refractivity contribution is 5.95. The SMILES string of the molecule is C/C(=C\C(=O)NC(c1ccc(F)cc1)c1nccn1C)c1ccccc1F. The third kappa shape index (κ3) is 4.28. The van der Waals surface area contributed by atoms with E-state index in [1.54, 1.807) is 54.2 Å². The number of allylic oxidation sites excluding steroid dienone is 1. The zero-order chi connectivity index (χ0) is 19.4. The van der Waals surface area contributed by atoms with Crippen LogP contribution in [-0.2, 0) is 11.8 Å². The molecule has 1 atom stereocenters. The van der Waals surface area contributed by atoms with Gasteiger partial charge < -0.3 is 9.88 Å². The maximum atomic E-state index is 13.9. The Kier molecular flexibility index (Phi) is 5.45. The fraction of sp³-hybridized carbons (Fsp3) is 0.143. The lowest BCUT2D eigenvalue weighted by Crippen LogP contribution is -2.30. The Morgan fingerprint density at radius 2 is 1.85 bits per heavy atom. The standard InChI is InChI=1S/C21H19F2N3O/c1-14(17-5-3-4-6-18(17)23)13-19(27)25-20(21-24-11-12-26(21)2)15-7-9-16(22)10-8-15/h3-13,20H,1-2H3,(H,25,27)/b14-13+. The Hall–Kier alpha value is -3.28. The molecule has 3 rings (SSSR count). The van der Waals surface area contributed by atoms with Gasteiger partial charge in [0.1, 0.15) is 23.5 Å². The van der Waals surface area contributed by atoms with E-state index in [2.05, 4.69) is 10.3 Å². The summed E-state index contributed by atoms with van der Waals surface area (Å²) in [7, 11) is 1.81. The minimum Gasteiger partial charge on any atom is -0.339 e. The average Bonchev–Trinajstić information content (AvgIpc) is 3.06. The van der Waals surface area contributed by atoms with Crippen molar-refractivity contribution in [3.8, 4) is 0 Å². The van der Waals surface area contributed by atoms with Crippen LogP contribution in [0.5, 0.6) is 0 Å². The molecule has 4 nitrogen and oxygen atoms in total. The zero-order valence-corrected chi connectivity index (χ0v) is 15.0. The molecular weight excluding hydrogens is 348 g/mol. The van der Waals surface area contributed by atoms with E-state index in [9.17, 15) is 13.6 Å². The fourth-order valence-corrected chi connectivity index (χ4v) is 2.85. The van der Waals surface area contributed by atoms with Gasteiger partial charge in [-0.05, 0) is 36.3 Å². The molecule has 138 valence electrons. The number of hydrogen-bond donors (Lipinski definition) is 1. The topological polar surface area (TPSA) is 46.9 Å². The van der Waals surface area contributed by atoms with Crippen LogP contribution < -0.4 is 5.32 Å². The molecule has 0 saturated heterocycles. The molecule has 1 aromatic heterocycles. The van der Waals surface area contributed by atoms with Crippen LogP contribution in [0.25, 0.3) is 5.57 Å². The number of halogens is 2. The van der Waals surface area contributed by atoms with Gasteiger partial charge in [0.25, 0.3) is 0 Å². The second-order valence-electron chi connectivity index (χ2n) is 6.20. The summed E-state index contributed by atoms with van der Waals surface area (Å²) >= 11 is 0. The molecule has 0 fully saturated rings. The predicted molar refractivity (Wildman–Crippen MR) is 99.6 cm³/mol. The van der Waals surface area contributed by atoms with E-state index in [1.165, 1.54) is 24.3 Å². The second kappa shape index (κ2) is 7.95. The third-order valence-electron chi connectivity index (χ3n) is 4.25. The van der Waals surface area contributed by atoms with E-state index < -0.39 is 17.8 Å². The van der Waals surface area contributed by atoms with E-state index in [0.29, 0.717) is 22.5 Å². The number of imidazole rings is 1. The van der Waals surface area contributed by atoms with E-state index in [1.807, 2.05) is 7.05 Å². The number of aromatic nitrogens is 2. The molecule has 2 aromatic carbocycles. The molecule has 1 heterocycles. The van der Waals surface area contributed by atoms with Gasteiger partial charge in [-0.25, -0.2) is 13.8 Å². The number of benzene rings is 2. The number of amides is 1. The molecule has 1 N–H and O–H groups in total. The molecule has 0 spiro atoms. The number of aryl methyl sites for hydroxylation is 1. The Morgan fingerprint density at radius 3 is 2.48 bits per heavy atom.